The van der Waals surface area contributed by atoms with Crippen LogP contribution in [-0.4, -0.2) is 32.2 Å². The van der Waals surface area contributed by atoms with Crippen LogP contribution in [-0.2, 0) is 12.6 Å². The molecule has 1 heterocycles. The largest absolute Gasteiger partial charge is 0.416 e. The SMILES string of the molecule is C[C@H](Cc1cccc(C(F)(F)F)c1)[NH+]1CCN(c2ccccc2)CC1. The highest BCUT2D eigenvalue weighted by atomic mass is 19.4. The molecular weight excluding hydrogens is 325 g/mol. The number of piperazine rings is 1. The molecule has 3 rings (SSSR count). The number of rotatable bonds is 4. The van der Waals surface area contributed by atoms with Gasteiger partial charge in [0.2, 0.25) is 0 Å². The zero-order valence-corrected chi connectivity index (χ0v) is 14.4. The molecule has 2 aromatic rings. The molecule has 0 amide bonds. The van der Waals surface area contributed by atoms with Gasteiger partial charge in [0.25, 0.3) is 0 Å². The molecule has 1 saturated heterocycles. The Hall–Kier alpha value is -2.01. The van der Waals surface area contributed by atoms with E-state index in [1.54, 1.807) is 6.07 Å². The van der Waals surface area contributed by atoms with E-state index < -0.39 is 11.7 Å². The smallest absolute Gasteiger partial charge is 0.360 e. The summed E-state index contributed by atoms with van der Waals surface area (Å²) in [5, 5.41) is 0. The summed E-state index contributed by atoms with van der Waals surface area (Å²) in [6.45, 7) is 6.11. The Balaban J connectivity index is 1.57. The van der Waals surface area contributed by atoms with Crippen LogP contribution in [0.1, 0.15) is 18.1 Å². The van der Waals surface area contributed by atoms with Crippen LogP contribution in [0.5, 0.6) is 0 Å². The standard InChI is InChI=1S/C20H23F3N2/c1-16(14-17-6-5-7-18(15-17)20(21,22)23)24-10-12-25(13-11-24)19-8-3-2-4-9-19/h2-9,15-16H,10-14H2,1H3/p+1/t16-/m1/s1. The first-order valence-corrected chi connectivity index (χ1v) is 8.74. The number of alkyl halides is 3. The molecule has 0 aromatic heterocycles. The molecule has 2 aromatic carbocycles. The molecule has 25 heavy (non-hydrogen) atoms. The van der Waals surface area contributed by atoms with E-state index in [1.165, 1.54) is 22.7 Å². The minimum atomic E-state index is -4.27. The summed E-state index contributed by atoms with van der Waals surface area (Å²) in [7, 11) is 0. The number of anilines is 1. The molecular formula is C20H24F3N2+. The molecule has 0 spiro atoms. The first-order valence-electron chi connectivity index (χ1n) is 8.74. The van der Waals surface area contributed by atoms with Crippen LogP contribution in [0, 0.1) is 0 Å². The van der Waals surface area contributed by atoms with E-state index in [0.717, 1.165) is 37.8 Å². The van der Waals surface area contributed by atoms with Crippen LogP contribution in [0.25, 0.3) is 0 Å². The molecule has 0 aliphatic carbocycles. The number of hydrogen-bond donors (Lipinski definition) is 1. The van der Waals surface area contributed by atoms with Gasteiger partial charge in [0, 0.05) is 12.1 Å². The molecule has 0 saturated carbocycles. The first kappa shape index (κ1) is 17.8. The maximum Gasteiger partial charge on any atom is 0.416 e. The van der Waals surface area contributed by atoms with Crippen molar-refractivity contribution in [1.82, 2.24) is 0 Å². The number of nitrogens with one attached hydrogen (secondary N) is 1. The molecule has 1 aliphatic rings. The molecule has 1 aliphatic heterocycles. The zero-order chi connectivity index (χ0) is 17.9. The number of hydrogen-bond acceptors (Lipinski definition) is 1. The van der Waals surface area contributed by atoms with Crippen LogP contribution in [0.3, 0.4) is 0 Å². The van der Waals surface area contributed by atoms with Crippen LogP contribution >= 0.6 is 0 Å². The van der Waals surface area contributed by atoms with Crippen molar-refractivity contribution in [1.29, 1.82) is 0 Å². The summed E-state index contributed by atoms with van der Waals surface area (Å²) in [6.07, 6.45) is -3.60. The normalized spacial score (nSPS) is 17.5. The number of nitrogens with zero attached hydrogens (tertiary/aromatic N) is 1. The average Bonchev–Trinajstić information content (AvgIpc) is 2.62. The molecule has 0 radical (unpaired) electrons. The lowest BCUT2D eigenvalue weighted by molar-refractivity contribution is -0.923. The Morgan fingerprint density at radius 2 is 1.68 bits per heavy atom. The maximum atomic E-state index is 12.9. The first-order chi connectivity index (χ1) is 11.9. The Labute approximate surface area is 146 Å². The lowest BCUT2D eigenvalue weighted by Gasteiger charge is -2.36. The second-order valence-corrected chi connectivity index (χ2v) is 6.78. The van der Waals surface area contributed by atoms with Crippen molar-refractivity contribution in [3.8, 4) is 0 Å². The van der Waals surface area contributed by atoms with Crippen LogP contribution in [0.15, 0.2) is 54.6 Å². The molecule has 5 heteroatoms. The summed E-state index contributed by atoms with van der Waals surface area (Å²) in [5.41, 5.74) is 1.45. The van der Waals surface area contributed by atoms with E-state index in [4.69, 9.17) is 0 Å². The topological polar surface area (TPSA) is 7.68 Å². The van der Waals surface area contributed by atoms with Gasteiger partial charge in [-0.25, -0.2) is 0 Å². The van der Waals surface area contributed by atoms with Crippen molar-refractivity contribution in [3.05, 3.63) is 65.7 Å². The highest BCUT2D eigenvalue weighted by molar-refractivity contribution is 5.46. The van der Waals surface area contributed by atoms with E-state index in [2.05, 4.69) is 24.0 Å². The summed E-state index contributed by atoms with van der Waals surface area (Å²) < 4.78 is 38.6. The fourth-order valence-electron chi connectivity index (χ4n) is 3.56. The van der Waals surface area contributed by atoms with Crippen molar-refractivity contribution in [3.63, 3.8) is 0 Å². The third-order valence-electron chi connectivity index (χ3n) is 5.02. The van der Waals surface area contributed by atoms with Crippen LogP contribution in [0.2, 0.25) is 0 Å². The van der Waals surface area contributed by atoms with Gasteiger partial charge < -0.3 is 9.80 Å². The van der Waals surface area contributed by atoms with Gasteiger partial charge in [0.1, 0.15) is 0 Å². The third-order valence-corrected chi connectivity index (χ3v) is 5.02. The number of benzene rings is 2. The monoisotopic (exact) mass is 349 g/mol. The Morgan fingerprint density at radius 3 is 2.32 bits per heavy atom. The summed E-state index contributed by atoms with van der Waals surface area (Å²) in [6, 6.07) is 16.4. The molecule has 1 atom stereocenters. The minimum Gasteiger partial charge on any atom is -0.360 e. The molecule has 2 nitrogen and oxygen atoms in total. The summed E-state index contributed by atoms with van der Waals surface area (Å²) in [5.74, 6) is 0. The van der Waals surface area contributed by atoms with Crippen molar-refractivity contribution in [2.45, 2.75) is 25.6 Å². The molecule has 0 bridgehead atoms. The van der Waals surface area contributed by atoms with Gasteiger partial charge >= 0.3 is 6.18 Å². The average molecular weight is 349 g/mol. The van der Waals surface area contributed by atoms with Gasteiger partial charge in [0.05, 0.1) is 37.8 Å². The fraction of sp³-hybridized carbons (Fsp3) is 0.400. The summed E-state index contributed by atoms with van der Waals surface area (Å²) >= 11 is 0. The van der Waals surface area contributed by atoms with E-state index in [-0.39, 0.29) is 0 Å². The number of para-hydroxylation sites is 1. The fourth-order valence-corrected chi connectivity index (χ4v) is 3.56. The zero-order valence-electron chi connectivity index (χ0n) is 14.4. The van der Waals surface area contributed by atoms with Crippen molar-refractivity contribution >= 4 is 5.69 Å². The third kappa shape index (κ3) is 4.54. The van der Waals surface area contributed by atoms with Gasteiger partial charge in [-0.05, 0) is 30.7 Å². The Kier molecular flexibility index (Phi) is 5.33. The van der Waals surface area contributed by atoms with Crippen molar-refractivity contribution < 1.29 is 18.1 Å². The molecule has 134 valence electrons. The highest BCUT2D eigenvalue weighted by Gasteiger charge is 2.31. The van der Waals surface area contributed by atoms with Crippen molar-refractivity contribution in [2.75, 3.05) is 31.1 Å². The van der Waals surface area contributed by atoms with E-state index >= 15 is 0 Å². The number of halogens is 3. The van der Waals surface area contributed by atoms with Gasteiger partial charge in [-0.15, -0.1) is 0 Å². The molecule has 0 unspecified atom stereocenters. The van der Waals surface area contributed by atoms with Gasteiger partial charge in [0.15, 0.2) is 0 Å². The van der Waals surface area contributed by atoms with Crippen LogP contribution in [0.4, 0.5) is 18.9 Å². The van der Waals surface area contributed by atoms with Gasteiger partial charge in [-0.2, -0.15) is 13.2 Å². The second-order valence-electron chi connectivity index (χ2n) is 6.78. The van der Waals surface area contributed by atoms with Gasteiger partial charge in [-0.1, -0.05) is 36.4 Å². The lowest BCUT2D eigenvalue weighted by atomic mass is 10.0. The maximum absolute atomic E-state index is 12.9. The highest BCUT2D eigenvalue weighted by Crippen LogP contribution is 2.29. The second kappa shape index (κ2) is 7.48. The quantitative estimate of drug-likeness (QED) is 0.892. The van der Waals surface area contributed by atoms with E-state index in [0.29, 0.717) is 12.5 Å². The number of quaternary nitrogens is 1. The minimum absolute atomic E-state index is 0.307. The lowest BCUT2D eigenvalue weighted by Crippen LogP contribution is -3.18. The van der Waals surface area contributed by atoms with Crippen molar-refractivity contribution in [2.24, 2.45) is 0 Å². The Bertz CT molecular complexity index is 677. The predicted octanol–water partition coefficient (Wildman–Crippen LogP) is 3.04. The van der Waals surface area contributed by atoms with Crippen LogP contribution < -0.4 is 9.80 Å². The van der Waals surface area contributed by atoms with E-state index in [1.807, 2.05) is 18.2 Å². The molecule has 1 fully saturated rings. The predicted molar refractivity (Wildman–Crippen MR) is 94.0 cm³/mol. The summed E-state index contributed by atoms with van der Waals surface area (Å²) in [4.78, 5) is 3.84. The van der Waals surface area contributed by atoms with Gasteiger partial charge in [-0.3, -0.25) is 0 Å². The Morgan fingerprint density at radius 1 is 1.00 bits per heavy atom. The van der Waals surface area contributed by atoms with E-state index in [9.17, 15) is 13.2 Å². The molecule has 1 N–H and O–H groups in total.